The molecule has 0 aliphatic rings. The highest BCUT2D eigenvalue weighted by Crippen LogP contribution is 2.34. The molecule has 0 aliphatic carbocycles. The Morgan fingerprint density at radius 2 is 1.57 bits per heavy atom. The van der Waals surface area contributed by atoms with Gasteiger partial charge in [-0.05, 0) is 32.6 Å². The summed E-state index contributed by atoms with van der Waals surface area (Å²) in [7, 11) is 4.25. The van der Waals surface area contributed by atoms with Crippen LogP contribution >= 0.6 is 0 Å². The van der Waals surface area contributed by atoms with E-state index in [2.05, 4.69) is 85.1 Å². The molecule has 0 unspecified atom stereocenters. The van der Waals surface area contributed by atoms with Crippen LogP contribution in [0.2, 0.25) is 0 Å². The van der Waals surface area contributed by atoms with E-state index in [4.69, 9.17) is 0 Å². The lowest BCUT2D eigenvalue weighted by atomic mass is 10.0. The van der Waals surface area contributed by atoms with E-state index in [1.54, 1.807) is 0 Å². The van der Waals surface area contributed by atoms with Gasteiger partial charge in [0.05, 0.1) is 0 Å². The van der Waals surface area contributed by atoms with Crippen LogP contribution in [0.1, 0.15) is 5.69 Å². The number of aromatic nitrogens is 1. The molecule has 0 saturated heterocycles. The van der Waals surface area contributed by atoms with E-state index in [1.165, 1.54) is 27.7 Å². The molecule has 2 aromatic carbocycles. The molecule has 0 aliphatic heterocycles. The number of para-hydroxylation sites is 1. The minimum atomic E-state index is 1.02. The zero-order chi connectivity index (χ0) is 14.8. The Labute approximate surface area is 126 Å². The van der Waals surface area contributed by atoms with Gasteiger partial charge in [0.15, 0.2) is 0 Å². The van der Waals surface area contributed by atoms with Crippen molar-refractivity contribution >= 4 is 10.9 Å². The first kappa shape index (κ1) is 13.9. The first-order valence-corrected chi connectivity index (χ1v) is 7.46. The summed E-state index contributed by atoms with van der Waals surface area (Å²) in [5.74, 6) is 0. The van der Waals surface area contributed by atoms with Gasteiger partial charge in [0, 0.05) is 35.2 Å². The van der Waals surface area contributed by atoms with E-state index < -0.39 is 0 Å². The van der Waals surface area contributed by atoms with Crippen molar-refractivity contribution in [2.45, 2.75) is 13.5 Å². The molecule has 2 heteroatoms. The second-order valence-electron chi connectivity index (χ2n) is 5.80. The Kier molecular flexibility index (Phi) is 3.80. The number of likely N-dealkylation sites (N-methyl/N-ethyl adjacent to an activating group) is 1. The van der Waals surface area contributed by atoms with Gasteiger partial charge in [0.25, 0.3) is 0 Å². The van der Waals surface area contributed by atoms with Crippen LogP contribution < -0.4 is 0 Å². The average molecular weight is 278 g/mol. The van der Waals surface area contributed by atoms with Crippen molar-refractivity contribution in [1.82, 2.24) is 9.47 Å². The van der Waals surface area contributed by atoms with Gasteiger partial charge in [-0.2, -0.15) is 0 Å². The molecule has 2 nitrogen and oxygen atoms in total. The second-order valence-corrected chi connectivity index (χ2v) is 5.80. The lowest BCUT2D eigenvalue weighted by molar-refractivity contribution is 0.385. The van der Waals surface area contributed by atoms with Crippen molar-refractivity contribution in [3.63, 3.8) is 0 Å². The van der Waals surface area contributed by atoms with E-state index in [0.717, 1.165) is 13.1 Å². The summed E-state index contributed by atoms with van der Waals surface area (Å²) in [5.41, 5.74) is 5.35. The number of fused-ring (bicyclic) bond motifs is 1. The number of benzene rings is 2. The molecule has 21 heavy (non-hydrogen) atoms. The standard InChI is InChI=1S/C19H22N2/c1-15-19(16-9-5-4-6-10-16)17-11-7-8-12-18(17)21(15)14-13-20(2)3/h4-12H,13-14H2,1-3H3. The molecule has 0 atom stereocenters. The number of rotatable bonds is 4. The Morgan fingerprint density at radius 1 is 0.905 bits per heavy atom. The molecular formula is C19H22N2. The maximum absolute atomic E-state index is 2.44. The van der Waals surface area contributed by atoms with Gasteiger partial charge in [-0.3, -0.25) is 0 Å². The molecular weight excluding hydrogens is 256 g/mol. The number of nitrogens with zero attached hydrogens (tertiary/aromatic N) is 2. The van der Waals surface area contributed by atoms with Gasteiger partial charge in [0.1, 0.15) is 0 Å². The Hall–Kier alpha value is -2.06. The van der Waals surface area contributed by atoms with Crippen LogP contribution in [0.4, 0.5) is 0 Å². The van der Waals surface area contributed by atoms with Crippen molar-refractivity contribution in [2.75, 3.05) is 20.6 Å². The van der Waals surface area contributed by atoms with Crippen LogP contribution in [0.3, 0.4) is 0 Å². The van der Waals surface area contributed by atoms with Gasteiger partial charge >= 0.3 is 0 Å². The Balaban J connectivity index is 2.19. The zero-order valence-electron chi connectivity index (χ0n) is 13.0. The summed E-state index contributed by atoms with van der Waals surface area (Å²) < 4.78 is 2.44. The van der Waals surface area contributed by atoms with Crippen LogP contribution in [0, 0.1) is 6.92 Å². The van der Waals surface area contributed by atoms with Gasteiger partial charge in [-0.1, -0.05) is 48.5 Å². The second kappa shape index (κ2) is 5.74. The van der Waals surface area contributed by atoms with Crippen LogP contribution in [0.15, 0.2) is 54.6 Å². The van der Waals surface area contributed by atoms with E-state index in [-0.39, 0.29) is 0 Å². The predicted octanol–water partition coefficient (Wildman–Crippen LogP) is 4.18. The largest absolute Gasteiger partial charge is 0.343 e. The van der Waals surface area contributed by atoms with Crippen molar-refractivity contribution in [1.29, 1.82) is 0 Å². The van der Waals surface area contributed by atoms with E-state index >= 15 is 0 Å². The quantitative estimate of drug-likeness (QED) is 0.695. The predicted molar refractivity (Wildman–Crippen MR) is 90.7 cm³/mol. The molecule has 0 radical (unpaired) electrons. The average Bonchev–Trinajstić information content (AvgIpc) is 2.78. The number of hydrogen-bond acceptors (Lipinski definition) is 1. The van der Waals surface area contributed by atoms with Crippen molar-refractivity contribution < 1.29 is 0 Å². The normalized spacial score (nSPS) is 11.4. The van der Waals surface area contributed by atoms with Gasteiger partial charge in [-0.25, -0.2) is 0 Å². The summed E-state index contributed by atoms with van der Waals surface area (Å²) in [6.45, 7) is 4.30. The topological polar surface area (TPSA) is 8.17 Å². The van der Waals surface area contributed by atoms with Crippen molar-refractivity contribution in [3.8, 4) is 11.1 Å². The molecule has 108 valence electrons. The maximum atomic E-state index is 2.44. The third kappa shape index (κ3) is 2.59. The zero-order valence-corrected chi connectivity index (χ0v) is 13.0. The van der Waals surface area contributed by atoms with Crippen LogP contribution in [0.5, 0.6) is 0 Å². The highest BCUT2D eigenvalue weighted by molar-refractivity contribution is 5.98. The van der Waals surface area contributed by atoms with E-state index in [1.807, 2.05) is 0 Å². The Bertz CT molecular complexity index is 739. The van der Waals surface area contributed by atoms with Gasteiger partial charge in [0.2, 0.25) is 0 Å². The summed E-state index contributed by atoms with van der Waals surface area (Å²) in [6.07, 6.45) is 0. The third-order valence-corrected chi connectivity index (χ3v) is 4.06. The molecule has 1 aromatic heterocycles. The Morgan fingerprint density at radius 3 is 2.29 bits per heavy atom. The minimum absolute atomic E-state index is 1.02. The first-order chi connectivity index (χ1) is 10.2. The van der Waals surface area contributed by atoms with Gasteiger partial charge < -0.3 is 9.47 Å². The summed E-state index contributed by atoms with van der Waals surface area (Å²) in [6, 6.07) is 19.4. The lowest BCUT2D eigenvalue weighted by Crippen LogP contribution is -2.18. The molecule has 0 spiro atoms. The van der Waals surface area contributed by atoms with Crippen molar-refractivity contribution in [2.24, 2.45) is 0 Å². The molecule has 0 N–H and O–H groups in total. The molecule has 0 saturated carbocycles. The minimum Gasteiger partial charge on any atom is -0.343 e. The molecule has 3 rings (SSSR count). The van der Waals surface area contributed by atoms with E-state index in [9.17, 15) is 0 Å². The third-order valence-electron chi connectivity index (χ3n) is 4.06. The molecule has 0 bridgehead atoms. The molecule has 0 fully saturated rings. The monoisotopic (exact) mass is 278 g/mol. The van der Waals surface area contributed by atoms with Crippen molar-refractivity contribution in [3.05, 3.63) is 60.3 Å². The highest BCUT2D eigenvalue weighted by atomic mass is 15.1. The summed E-state index contributed by atoms with van der Waals surface area (Å²) >= 11 is 0. The number of hydrogen-bond donors (Lipinski definition) is 0. The SMILES string of the molecule is Cc1c(-c2ccccc2)c2ccccc2n1CCN(C)C. The summed E-state index contributed by atoms with van der Waals surface area (Å²) in [4.78, 5) is 2.23. The lowest BCUT2D eigenvalue weighted by Gasteiger charge is -2.13. The smallest absolute Gasteiger partial charge is 0.0489 e. The molecule has 3 aromatic rings. The first-order valence-electron chi connectivity index (χ1n) is 7.46. The van der Waals surface area contributed by atoms with E-state index in [0.29, 0.717) is 0 Å². The van der Waals surface area contributed by atoms with Crippen LogP contribution in [0.25, 0.3) is 22.0 Å². The molecule has 1 heterocycles. The fraction of sp³-hybridized carbons (Fsp3) is 0.263. The van der Waals surface area contributed by atoms with Gasteiger partial charge in [-0.15, -0.1) is 0 Å². The maximum Gasteiger partial charge on any atom is 0.0489 e. The highest BCUT2D eigenvalue weighted by Gasteiger charge is 2.14. The fourth-order valence-electron chi connectivity index (χ4n) is 2.99. The molecule has 0 amide bonds. The van der Waals surface area contributed by atoms with Crippen LogP contribution in [-0.2, 0) is 6.54 Å². The summed E-state index contributed by atoms with van der Waals surface area (Å²) in [5, 5.41) is 1.35. The fourth-order valence-corrected chi connectivity index (χ4v) is 2.99. The van der Waals surface area contributed by atoms with Crippen LogP contribution in [-0.4, -0.2) is 30.1 Å².